The van der Waals surface area contributed by atoms with Crippen LogP contribution in [0.1, 0.15) is 20.3 Å². The number of carbonyl (C=O) groups excluding carboxylic acids is 1. The quantitative estimate of drug-likeness (QED) is 0.843. The molecule has 0 spiro atoms. The van der Waals surface area contributed by atoms with Crippen LogP contribution in [0.2, 0.25) is 0 Å². The second-order valence-corrected chi connectivity index (χ2v) is 4.70. The van der Waals surface area contributed by atoms with Gasteiger partial charge in [-0.2, -0.15) is 0 Å². The number of nitrogens with two attached hydrogens (primary N) is 1. The van der Waals surface area contributed by atoms with Crippen molar-refractivity contribution in [2.45, 2.75) is 20.3 Å². The molecule has 5 nitrogen and oxygen atoms in total. The predicted molar refractivity (Wildman–Crippen MR) is 77.4 cm³/mol. The largest absolute Gasteiger partial charge is 0.397 e. The number of hydrogen-bond acceptors (Lipinski definition) is 4. The number of halogens is 1. The monoisotopic (exact) mass is 314 g/mol. The number of anilines is 2. The van der Waals surface area contributed by atoms with Gasteiger partial charge in [-0.15, -0.1) is 0 Å². The fraction of sp³-hybridized carbons (Fsp3) is 0.500. The van der Waals surface area contributed by atoms with Gasteiger partial charge in [-0.05, 0) is 35.8 Å². The van der Waals surface area contributed by atoms with Gasteiger partial charge in [0.25, 0.3) is 0 Å². The van der Waals surface area contributed by atoms with E-state index >= 15 is 0 Å². The molecule has 1 rings (SSSR count). The molecule has 3 N–H and O–H groups in total. The van der Waals surface area contributed by atoms with Crippen molar-refractivity contribution in [3.8, 4) is 0 Å². The lowest BCUT2D eigenvalue weighted by atomic mass is 10.3. The summed E-state index contributed by atoms with van der Waals surface area (Å²) in [4.78, 5) is 17.7. The van der Waals surface area contributed by atoms with Crippen LogP contribution in [0.25, 0.3) is 0 Å². The van der Waals surface area contributed by atoms with Crippen LogP contribution in [0, 0.1) is 0 Å². The smallest absolute Gasteiger partial charge is 0.224 e. The number of aromatic nitrogens is 1. The van der Waals surface area contributed by atoms with Crippen molar-refractivity contribution in [2.75, 3.05) is 30.7 Å². The summed E-state index contributed by atoms with van der Waals surface area (Å²) in [7, 11) is 0. The summed E-state index contributed by atoms with van der Waals surface area (Å²) >= 11 is 3.37. The molecular weight excluding hydrogens is 296 g/mol. The van der Waals surface area contributed by atoms with Gasteiger partial charge in [-0.1, -0.05) is 0 Å². The van der Waals surface area contributed by atoms with Crippen LogP contribution in [-0.2, 0) is 4.79 Å². The number of carbonyl (C=O) groups is 1. The molecule has 0 aliphatic carbocycles. The zero-order valence-electron chi connectivity index (χ0n) is 10.7. The van der Waals surface area contributed by atoms with Crippen molar-refractivity contribution in [3.63, 3.8) is 0 Å². The van der Waals surface area contributed by atoms with E-state index in [1.165, 1.54) is 0 Å². The second-order valence-electron chi connectivity index (χ2n) is 3.84. The third-order valence-corrected chi connectivity index (χ3v) is 3.21. The Morgan fingerprint density at radius 3 is 2.72 bits per heavy atom. The van der Waals surface area contributed by atoms with E-state index in [-0.39, 0.29) is 5.91 Å². The fourth-order valence-corrected chi connectivity index (χ4v) is 2.11. The van der Waals surface area contributed by atoms with Gasteiger partial charge in [0, 0.05) is 26.1 Å². The highest BCUT2D eigenvalue weighted by atomic mass is 79.9. The van der Waals surface area contributed by atoms with Gasteiger partial charge in [0.15, 0.2) is 0 Å². The molecule has 1 amide bonds. The van der Waals surface area contributed by atoms with Gasteiger partial charge in [-0.3, -0.25) is 4.79 Å². The highest BCUT2D eigenvalue weighted by Gasteiger charge is 2.09. The van der Waals surface area contributed by atoms with E-state index in [9.17, 15) is 4.79 Å². The molecule has 0 fully saturated rings. The van der Waals surface area contributed by atoms with Gasteiger partial charge >= 0.3 is 0 Å². The topological polar surface area (TPSA) is 71.2 Å². The molecule has 0 aliphatic rings. The summed E-state index contributed by atoms with van der Waals surface area (Å²) in [5.74, 6) is 0.857. The average Bonchev–Trinajstić information content (AvgIpc) is 2.33. The molecule has 1 heterocycles. The van der Waals surface area contributed by atoms with E-state index < -0.39 is 0 Å². The van der Waals surface area contributed by atoms with E-state index in [0.717, 1.165) is 17.6 Å². The molecule has 1 aromatic rings. The standard InChI is InChI=1S/C12H19BrN4O/c1-3-17(4-2)11(18)5-6-15-12-10(13)7-9(14)8-16-12/h7-8H,3-6,14H2,1-2H3,(H,15,16). The maximum atomic E-state index is 11.8. The number of nitrogen functional groups attached to an aromatic ring is 1. The molecule has 0 unspecified atom stereocenters. The summed E-state index contributed by atoms with van der Waals surface area (Å²) in [5.41, 5.74) is 6.20. The first kappa shape index (κ1) is 14.8. The Kier molecular flexibility index (Phi) is 5.91. The van der Waals surface area contributed by atoms with Gasteiger partial charge in [0.2, 0.25) is 5.91 Å². The predicted octanol–water partition coefficient (Wildman–Crippen LogP) is 2.10. The highest BCUT2D eigenvalue weighted by Crippen LogP contribution is 2.21. The first-order chi connectivity index (χ1) is 8.58. The van der Waals surface area contributed by atoms with Crippen LogP contribution in [0.3, 0.4) is 0 Å². The Bertz CT molecular complexity index is 407. The summed E-state index contributed by atoms with van der Waals surface area (Å²) in [6.07, 6.45) is 2.04. The van der Waals surface area contributed by atoms with Crippen LogP contribution < -0.4 is 11.1 Å². The lowest BCUT2D eigenvalue weighted by Gasteiger charge is -2.18. The zero-order chi connectivity index (χ0) is 13.5. The Morgan fingerprint density at radius 2 is 2.17 bits per heavy atom. The van der Waals surface area contributed by atoms with E-state index in [1.54, 1.807) is 12.3 Å². The number of amides is 1. The molecule has 100 valence electrons. The average molecular weight is 315 g/mol. The zero-order valence-corrected chi connectivity index (χ0v) is 12.3. The first-order valence-electron chi connectivity index (χ1n) is 6.01. The van der Waals surface area contributed by atoms with Crippen LogP contribution >= 0.6 is 15.9 Å². The lowest BCUT2D eigenvalue weighted by Crippen LogP contribution is -2.31. The number of rotatable bonds is 6. The normalized spacial score (nSPS) is 10.2. The maximum Gasteiger partial charge on any atom is 0.224 e. The molecule has 0 aromatic carbocycles. The van der Waals surface area contributed by atoms with E-state index in [0.29, 0.717) is 24.5 Å². The number of nitrogens with zero attached hydrogens (tertiary/aromatic N) is 2. The Hall–Kier alpha value is -1.30. The van der Waals surface area contributed by atoms with Crippen LogP contribution in [-0.4, -0.2) is 35.4 Å². The van der Waals surface area contributed by atoms with E-state index in [4.69, 9.17) is 5.73 Å². The van der Waals surface area contributed by atoms with Gasteiger partial charge < -0.3 is 16.0 Å². The third-order valence-electron chi connectivity index (χ3n) is 2.61. The van der Waals surface area contributed by atoms with Crippen molar-refractivity contribution < 1.29 is 4.79 Å². The molecule has 0 atom stereocenters. The van der Waals surface area contributed by atoms with Crippen molar-refractivity contribution >= 4 is 33.3 Å². The summed E-state index contributed by atoms with van der Waals surface area (Å²) < 4.78 is 0.804. The molecule has 0 aliphatic heterocycles. The Morgan fingerprint density at radius 1 is 1.50 bits per heavy atom. The summed E-state index contributed by atoms with van der Waals surface area (Å²) in [5, 5.41) is 3.11. The van der Waals surface area contributed by atoms with Crippen molar-refractivity contribution in [3.05, 3.63) is 16.7 Å². The van der Waals surface area contributed by atoms with Crippen molar-refractivity contribution in [1.29, 1.82) is 0 Å². The molecule has 1 aromatic heterocycles. The lowest BCUT2D eigenvalue weighted by molar-refractivity contribution is -0.130. The SMILES string of the molecule is CCN(CC)C(=O)CCNc1ncc(N)cc1Br. The van der Waals surface area contributed by atoms with Crippen LogP contribution in [0.5, 0.6) is 0 Å². The number of hydrogen-bond donors (Lipinski definition) is 2. The molecule has 0 saturated carbocycles. The van der Waals surface area contributed by atoms with Gasteiger partial charge in [-0.25, -0.2) is 4.98 Å². The minimum atomic E-state index is 0.152. The summed E-state index contributed by atoms with van der Waals surface area (Å²) in [6, 6.07) is 1.78. The highest BCUT2D eigenvalue weighted by molar-refractivity contribution is 9.10. The minimum absolute atomic E-state index is 0.152. The van der Waals surface area contributed by atoms with Gasteiger partial charge in [0.1, 0.15) is 5.82 Å². The third kappa shape index (κ3) is 4.18. The molecule has 0 saturated heterocycles. The van der Waals surface area contributed by atoms with Crippen molar-refractivity contribution in [2.24, 2.45) is 0 Å². The molecule has 18 heavy (non-hydrogen) atoms. The maximum absolute atomic E-state index is 11.8. The van der Waals surface area contributed by atoms with Crippen LogP contribution in [0.4, 0.5) is 11.5 Å². The van der Waals surface area contributed by atoms with E-state index in [1.807, 2.05) is 18.7 Å². The van der Waals surface area contributed by atoms with Crippen LogP contribution in [0.15, 0.2) is 16.7 Å². The van der Waals surface area contributed by atoms with E-state index in [2.05, 4.69) is 26.2 Å². The Labute approximate surface area is 116 Å². The molecular formula is C12H19BrN4O. The molecule has 0 bridgehead atoms. The number of nitrogens with one attached hydrogen (secondary N) is 1. The summed E-state index contributed by atoms with van der Waals surface area (Å²) in [6.45, 7) is 6.02. The first-order valence-corrected chi connectivity index (χ1v) is 6.80. The Balaban J connectivity index is 2.44. The molecule has 0 radical (unpaired) electrons. The molecule has 6 heteroatoms. The fourth-order valence-electron chi connectivity index (χ4n) is 1.61. The minimum Gasteiger partial charge on any atom is -0.397 e. The van der Waals surface area contributed by atoms with Gasteiger partial charge in [0.05, 0.1) is 16.4 Å². The van der Waals surface area contributed by atoms with Crippen molar-refractivity contribution in [1.82, 2.24) is 9.88 Å². The second kappa shape index (κ2) is 7.20. The number of pyridine rings is 1.